The first-order valence-corrected chi connectivity index (χ1v) is 8.33. The van der Waals surface area contributed by atoms with Gasteiger partial charge in [-0.25, -0.2) is 4.98 Å². The molecular weight excluding hydrogens is 294 g/mol. The molecule has 0 aliphatic carbocycles. The van der Waals surface area contributed by atoms with E-state index in [2.05, 4.69) is 28.5 Å². The number of hydrogen-bond acceptors (Lipinski definition) is 4. The number of anilines is 1. The van der Waals surface area contributed by atoms with E-state index in [0.29, 0.717) is 11.4 Å². The van der Waals surface area contributed by atoms with E-state index in [-0.39, 0.29) is 5.91 Å². The number of nitrogens with one attached hydrogen (secondary N) is 1. The van der Waals surface area contributed by atoms with E-state index in [1.165, 1.54) is 22.5 Å². The van der Waals surface area contributed by atoms with Crippen LogP contribution in [0.5, 0.6) is 0 Å². The van der Waals surface area contributed by atoms with Crippen molar-refractivity contribution in [3.05, 3.63) is 53.0 Å². The van der Waals surface area contributed by atoms with E-state index in [1.807, 2.05) is 30.0 Å². The van der Waals surface area contributed by atoms with Crippen LogP contribution in [0.1, 0.15) is 28.6 Å². The molecule has 1 amide bonds. The van der Waals surface area contributed by atoms with Crippen molar-refractivity contribution >= 4 is 27.9 Å². The predicted octanol–water partition coefficient (Wildman–Crippen LogP) is 3.50. The number of amides is 1. The molecule has 1 aromatic carbocycles. The van der Waals surface area contributed by atoms with Crippen LogP contribution in [0.4, 0.5) is 5.13 Å². The van der Waals surface area contributed by atoms with E-state index in [0.717, 1.165) is 24.6 Å². The van der Waals surface area contributed by atoms with Crippen LogP contribution < -0.4 is 5.32 Å². The third-order valence-corrected chi connectivity index (χ3v) is 4.63. The predicted molar refractivity (Wildman–Crippen MR) is 91.2 cm³/mol. The highest BCUT2D eigenvalue weighted by Crippen LogP contribution is 2.25. The van der Waals surface area contributed by atoms with Gasteiger partial charge in [-0.15, -0.1) is 0 Å². The molecule has 0 radical (unpaired) electrons. The van der Waals surface area contributed by atoms with Crippen molar-refractivity contribution in [3.63, 3.8) is 0 Å². The maximum absolute atomic E-state index is 12.5. The SMILES string of the molecule is CCNc1ncc(C(=O)N2CC=C(c3ccccc3)CC2)s1. The minimum absolute atomic E-state index is 0.0741. The molecule has 0 spiro atoms. The van der Waals surface area contributed by atoms with Crippen LogP contribution in [0, 0.1) is 0 Å². The van der Waals surface area contributed by atoms with Gasteiger partial charge >= 0.3 is 0 Å². The van der Waals surface area contributed by atoms with Crippen LogP contribution in [-0.2, 0) is 0 Å². The number of aromatic nitrogens is 1. The molecule has 22 heavy (non-hydrogen) atoms. The first kappa shape index (κ1) is 14.8. The Morgan fingerprint density at radius 3 is 2.86 bits per heavy atom. The molecule has 0 saturated heterocycles. The van der Waals surface area contributed by atoms with Crippen LogP contribution in [0.15, 0.2) is 42.6 Å². The summed E-state index contributed by atoms with van der Waals surface area (Å²) in [4.78, 5) is 19.3. The van der Waals surface area contributed by atoms with Crippen molar-refractivity contribution in [2.75, 3.05) is 25.0 Å². The highest BCUT2D eigenvalue weighted by Gasteiger charge is 2.21. The van der Waals surface area contributed by atoms with E-state index < -0.39 is 0 Å². The number of thiazole rings is 1. The fraction of sp³-hybridized carbons (Fsp3) is 0.294. The normalized spacial score (nSPS) is 14.6. The molecule has 114 valence electrons. The van der Waals surface area contributed by atoms with Gasteiger partial charge in [-0.1, -0.05) is 47.7 Å². The number of nitrogens with zero attached hydrogens (tertiary/aromatic N) is 2. The number of hydrogen-bond donors (Lipinski definition) is 1. The summed E-state index contributed by atoms with van der Waals surface area (Å²) in [6.45, 7) is 4.25. The lowest BCUT2D eigenvalue weighted by Gasteiger charge is -2.26. The number of rotatable bonds is 4. The van der Waals surface area contributed by atoms with Gasteiger partial charge in [-0.3, -0.25) is 4.79 Å². The van der Waals surface area contributed by atoms with Crippen molar-refractivity contribution in [2.24, 2.45) is 0 Å². The first-order valence-electron chi connectivity index (χ1n) is 7.51. The summed E-state index contributed by atoms with van der Waals surface area (Å²) in [6.07, 6.45) is 4.72. The third-order valence-electron chi connectivity index (χ3n) is 3.69. The Morgan fingerprint density at radius 2 is 2.18 bits per heavy atom. The van der Waals surface area contributed by atoms with Gasteiger partial charge < -0.3 is 10.2 Å². The van der Waals surface area contributed by atoms with Gasteiger partial charge in [0.05, 0.1) is 6.20 Å². The van der Waals surface area contributed by atoms with Gasteiger partial charge in [0.1, 0.15) is 4.88 Å². The highest BCUT2D eigenvalue weighted by atomic mass is 32.1. The molecule has 1 aliphatic rings. The summed E-state index contributed by atoms with van der Waals surface area (Å²) in [5.74, 6) is 0.0741. The molecular formula is C17H19N3OS. The smallest absolute Gasteiger partial charge is 0.265 e. The Morgan fingerprint density at radius 1 is 1.36 bits per heavy atom. The minimum Gasteiger partial charge on any atom is -0.362 e. The van der Waals surface area contributed by atoms with Gasteiger partial charge in [-0.05, 0) is 24.5 Å². The third kappa shape index (κ3) is 3.20. The van der Waals surface area contributed by atoms with Crippen molar-refractivity contribution in [1.29, 1.82) is 0 Å². The summed E-state index contributed by atoms with van der Waals surface area (Å²) >= 11 is 1.42. The van der Waals surface area contributed by atoms with E-state index >= 15 is 0 Å². The van der Waals surface area contributed by atoms with Crippen molar-refractivity contribution in [1.82, 2.24) is 9.88 Å². The lowest BCUT2D eigenvalue weighted by Crippen LogP contribution is -2.34. The Balaban J connectivity index is 1.67. The maximum Gasteiger partial charge on any atom is 0.265 e. The second-order valence-electron chi connectivity index (χ2n) is 5.16. The summed E-state index contributed by atoms with van der Waals surface area (Å²) in [5.41, 5.74) is 2.57. The number of benzene rings is 1. The van der Waals surface area contributed by atoms with Gasteiger partial charge in [0.25, 0.3) is 5.91 Å². The molecule has 2 aromatic rings. The molecule has 0 bridgehead atoms. The van der Waals surface area contributed by atoms with Crippen molar-refractivity contribution < 1.29 is 4.79 Å². The van der Waals surface area contributed by atoms with E-state index in [9.17, 15) is 4.79 Å². The lowest BCUT2D eigenvalue weighted by atomic mass is 9.99. The number of carbonyl (C=O) groups is 1. The van der Waals surface area contributed by atoms with Gasteiger partial charge in [-0.2, -0.15) is 0 Å². The monoisotopic (exact) mass is 313 g/mol. The second-order valence-corrected chi connectivity index (χ2v) is 6.19. The molecule has 4 nitrogen and oxygen atoms in total. The Hall–Kier alpha value is -2.14. The molecule has 0 saturated carbocycles. The van der Waals surface area contributed by atoms with Crippen molar-refractivity contribution in [3.8, 4) is 0 Å². The number of carbonyl (C=O) groups excluding carboxylic acids is 1. The van der Waals surface area contributed by atoms with Crippen LogP contribution in [-0.4, -0.2) is 35.4 Å². The van der Waals surface area contributed by atoms with Crippen LogP contribution in [0.25, 0.3) is 5.57 Å². The molecule has 3 rings (SSSR count). The fourth-order valence-corrected chi connectivity index (χ4v) is 3.38. The Kier molecular flexibility index (Phi) is 4.53. The fourth-order valence-electron chi connectivity index (χ4n) is 2.53. The molecule has 1 aromatic heterocycles. The Labute approximate surface area is 134 Å². The largest absolute Gasteiger partial charge is 0.362 e. The molecule has 0 unspecified atom stereocenters. The molecule has 1 N–H and O–H groups in total. The molecule has 0 atom stereocenters. The maximum atomic E-state index is 12.5. The highest BCUT2D eigenvalue weighted by molar-refractivity contribution is 7.17. The average molecular weight is 313 g/mol. The summed E-state index contributed by atoms with van der Waals surface area (Å²) in [6, 6.07) is 10.4. The quantitative estimate of drug-likeness (QED) is 0.939. The zero-order valence-corrected chi connectivity index (χ0v) is 13.4. The second kappa shape index (κ2) is 6.75. The molecule has 5 heteroatoms. The Bertz CT molecular complexity index is 678. The molecule has 1 aliphatic heterocycles. The van der Waals surface area contributed by atoms with Gasteiger partial charge in [0.2, 0.25) is 0 Å². The van der Waals surface area contributed by atoms with Gasteiger partial charge in [0.15, 0.2) is 5.13 Å². The summed E-state index contributed by atoms with van der Waals surface area (Å²) < 4.78 is 0. The van der Waals surface area contributed by atoms with E-state index in [1.54, 1.807) is 6.20 Å². The van der Waals surface area contributed by atoms with Crippen LogP contribution in [0.2, 0.25) is 0 Å². The van der Waals surface area contributed by atoms with E-state index in [4.69, 9.17) is 0 Å². The van der Waals surface area contributed by atoms with Crippen molar-refractivity contribution in [2.45, 2.75) is 13.3 Å². The zero-order valence-electron chi connectivity index (χ0n) is 12.6. The molecule has 2 heterocycles. The zero-order chi connectivity index (χ0) is 15.4. The topological polar surface area (TPSA) is 45.2 Å². The standard InChI is InChI=1S/C17H19N3OS/c1-2-18-17-19-12-15(22-17)16(21)20-10-8-14(9-11-20)13-6-4-3-5-7-13/h3-8,12H,2,9-11H2,1H3,(H,18,19). The minimum atomic E-state index is 0.0741. The van der Waals surface area contributed by atoms with Gasteiger partial charge in [0, 0.05) is 19.6 Å². The van der Waals surface area contributed by atoms with Crippen LogP contribution >= 0.6 is 11.3 Å². The first-order chi connectivity index (χ1) is 10.8. The summed E-state index contributed by atoms with van der Waals surface area (Å²) in [5, 5.41) is 3.95. The summed E-state index contributed by atoms with van der Waals surface area (Å²) in [7, 11) is 0. The molecule has 0 fully saturated rings. The average Bonchev–Trinajstić information content (AvgIpc) is 3.04. The van der Waals surface area contributed by atoms with Crippen LogP contribution in [0.3, 0.4) is 0 Å². The lowest BCUT2D eigenvalue weighted by molar-refractivity contribution is 0.0777.